The van der Waals surface area contributed by atoms with Crippen molar-refractivity contribution >= 4 is 11.7 Å². The molecule has 0 saturated carbocycles. The number of aromatic nitrogens is 2. The topological polar surface area (TPSA) is 61.4 Å². The second-order valence-corrected chi connectivity index (χ2v) is 6.43. The van der Waals surface area contributed by atoms with Crippen LogP contribution in [0.3, 0.4) is 0 Å². The fourth-order valence-corrected chi connectivity index (χ4v) is 3.02. The van der Waals surface area contributed by atoms with Gasteiger partial charge >= 0.3 is 0 Å². The van der Waals surface area contributed by atoms with Crippen LogP contribution in [0.1, 0.15) is 49.5 Å². The first kappa shape index (κ1) is 17.7. The molecule has 1 unspecified atom stereocenters. The van der Waals surface area contributed by atoms with Crippen LogP contribution in [0.5, 0.6) is 0 Å². The maximum Gasteiger partial charge on any atom is 0.272 e. The van der Waals surface area contributed by atoms with Crippen LogP contribution in [-0.2, 0) is 0 Å². The Labute approximate surface area is 139 Å². The largest absolute Gasteiger partial charge is 0.370 e. The summed E-state index contributed by atoms with van der Waals surface area (Å²) >= 11 is 0. The smallest absolute Gasteiger partial charge is 0.272 e. The molecular weight excluding hydrogens is 290 g/mol. The van der Waals surface area contributed by atoms with E-state index in [0.29, 0.717) is 11.7 Å². The molecule has 0 spiro atoms. The molecule has 0 aliphatic carbocycles. The molecule has 23 heavy (non-hydrogen) atoms. The van der Waals surface area contributed by atoms with Gasteiger partial charge in [0, 0.05) is 25.2 Å². The zero-order valence-electron chi connectivity index (χ0n) is 14.6. The Bertz CT molecular complexity index is 506. The van der Waals surface area contributed by atoms with Gasteiger partial charge in [0.25, 0.3) is 5.91 Å². The highest BCUT2D eigenvalue weighted by molar-refractivity contribution is 5.93. The van der Waals surface area contributed by atoms with Gasteiger partial charge in [-0.1, -0.05) is 6.92 Å². The first-order valence-electron chi connectivity index (χ1n) is 8.63. The molecule has 1 aliphatic rings. The highest BCUT2D eigenvalue weighted by atomic mass is 16.2. The molecular formula is C17H29N5O. The van der Waals surface area contributed by atoms with E-state index >= 15 is 0 Å². The molecule has 1 aliphatic heterocycles. The van der Waals surface area contributed by atoms with Crippen molar-refractivity contribution in [2.45, 2.75) is 45.1 Å². The van der Waals surface area contributed by atoms with E-state index in [9.17, 15) is 4.79 Å². The molecule has 1 amide bonds. The van der Waals surface area contributed by atoms with Crippen molar-refractivity contribution in [1.82, 2.24) is 19.8 Å². The van der Waals surface area contributed by atoms with E-state index < -0.39 is 0 Å². The molecule has 1 aromatic heterocycles. The predicted octanol–water partition coefficient (Wildman–Crippen LogP) is 2.24. The summed E-state index contributed by atoms with van der Waals surface area (Å²) in [5.74, 6) is 0.766. The minimum absolute atomic E-state index is 0.0373. The number of carbonyl (C=O) groups excluding carboxylic acids is 1. The van der Waals surface area contributed by atoms with Crippen LogP contribution in [0.25, 0.3) is 0 Å². The van der Waals surface area contributed by atoms with Crippen LogP contribution in [0.4, 0.5) is 5.82 Å². The summed E-state index contributed by atoms with van der Waals surface area (Å²) in [5.41, 5.74) is 0.496. The van der Waals surface area contributed by atoms with Gasteiger partial charge in [0.1, 0.15) is 17.8 Å². The summed E-state index contributed by atoms with van der Waals surface area (Å²) in [6, 6.07) is 2.13. The van der Waals surface area contributed by atoms with E-state index in [1.807, 2.05) is 4.90 Å². The minimum atomic E-state index is 0.0373. The summed E-state index contributed by atoms with van der Waals surface area (Å²) in [4.78, 5) is 25.3. The van der Waals surface area contributed by atoms with Gasteiger partial charge in [0.2, 0.25) is 0 Å². The monoisotopic (exact) mass is 319 g/mol. The van der Waals surface area contributed by atoms with Gasteiger partial charge in [-0.05, 0) is 52.7 Å². The van der Waals surface area contributed by atoms with E-state index in [2.05, 4.69) is 41.2 Å². The zero-order chi connectivity index (χ0) is 16.7. The molecule has 0 aromatic carbocycles. The van der Waals surface area contributed by atoms with Crippen LogP contribution < -0.4 is 5.32 Å². The first-order valence-corrected chi connectivity index (χ1v) is 8.63. The van der Waals surface area contributed by atoms with E-state index in [1.54, 1.807) is 6.07 Å². The molecule has 6 heteroatoms. The van der Waals surface area contributed by atoms with Gasteiger partial charge in [-0.15, -0.1) is 0 Å². The number of nitrogens with one attached hydrogen (secondary N) is 1. The summed E-state index contributed by atoms with van der Waals surface area (Å²) in [5, 5.41) is 3.27. The molecule has 2 heterocycles. The molecule has 1 fully saturated rings. The Morgan fingerprint density at radius 2 is 2.22 bits per heavy atom. The average molecular weight is 319 g/mol. The highest BCUT2D eigenvalue weighted by Gasteiger charge is 2.27. The van der Waals surface area contributed by atoms with Crippen molar-refractivity contribution in [3.05, 3.63) is 18.1 Å². The fourth-order valence-electron chi connectivity index (χ4n) is 3.02. The van der Waals surface area contributed by atoms with E-state index in [0.717, 1.165) is 51.1 Å². The Balaban J connectivity index is 1.96. The van der Waals surface area contributed by atoms with Crippen LogP contribution in [0.2, 0.25) is 0 Å². The third-order valence-corrected chi connectivity index (χ3v) is 4.33. The molecule has 2 rings (SSSR count). The summed E-state index contributed by atoms with van der Waals surface area (Å²) in [7, 11) is 4.12. The number of amides is 1. The Hall–Kier alpha value is -1.69. The predicted molar refractivity (Wildman–Crippen MR) is 92.7 cm³/mol. The van der Waals surface area contributed by atoms with Gasteiger partial charge in [-0.25, -0.2) is 9.97 Å². The Morgan fingerprint density at radius 3 is 2.96 bits per heavy atom. The third kappa shape index (κ3) is 5.16. The molecule has 6 nitrogen and oxygen atoms in total. The number of anilines is 1. The zero-order valence-corrected chi connectivity index (χ0v) is 14.6. The van der Waals surface area contributed by atoms with Crippen molar-refractivity contribution in [2.24, 2.45) is 0 Å². The van der Waals surface area contributed by atoms with Crippen LogP contribution in [0.15, 0.2) is 12.4 Å². The molecule has 0 bridgehead atoms. The lowest BCUT2D eigenvalue weighted by Gasteiger charge is -2.35. The van der Waals surface area contributed by atoms with Crippen molar-refractivity contribution in [2.75, 3.05) is 39.0 Å². The number of piperidine rings is 1. The highest BCUT2D eigenvalue weighted by Crippen LogP contribution is 2.21. The van der Waals surface area contributed by atoms with Crippen LogP contribution in [0, 0.1) is 0 Å². The van der Waals surface area contributed by atoms with Gasteiger partial charge in [-0.3, -0.25) is 4.79 Å². The molecule has 128 valence electrons. The molecule has 1 atom stereocenters. The van der Waals surface area contributed by atoms with E-state index in [4.69, 9.17) is 0 Å². The fraction of sp³-hybridized carbons (Fsp3) is 0.706. The Morgan fingerprint density at radius 1 is 1.39 bits per heavy atom. The lowest BCUT2D eigenvalue weighted by molar-refractivity contribution is 0.0602. The van der Waals surface area contributed by atoms with Gasteiger partial charge in [-0.2, -0.15) is 0 Å². The molecule has 0 radical (unpaired) electrons. The normalized spacial score (nSPS) is 18.3. The van der Waals surface area contributed by atoms with Crippen LogP contribution >= 0.6 is 0 Å². The number of rotatable bonds is 7. The number of hydrogen-bond acceptors (Lipinski definition) is 5. The number of likely N-dealkylation sites (tertiary alicyclic amines) is 1. The SMILES string of the molecule is CCC1CCCCN1C(=O)c1cc(NCCCN(C)C)ncn1. The maximum atomic E-state index is 12.7. The van der Waals surface area contributed by atoms with Crippen molar-refractivity contribution in [3.63, 3.8) is 0 Å². The second kappa shape index (κ2) is 8.82. The second-order valence-electron chi connectivity index (χ2n) is 6.43. The molecule has 1 saturated heterocycles. The lowest BCUT2D eigenvalue weighted by Crippen LogP contribution is -2.43. The van der Waals surface area contributed by atoms with E-state index in [-0.39, 0.29) is 5.91 Å². The summed E-state index contributed by atoms with van der Waals surface area (Å²) in [6.45, 7) is 4.85. The standard InChI is InChI=1S/C17H29N5O/c1-4-14-8-5-6-11-22(14)17(23)15-12-16(20-13-19-15)18-9-7-10-21(2)3/h12-14H,4-11H2,1-3H3,(H,18,19,20). The van der Waals surface area contributed by atoms with E-state index in [1.165, 1.54) is 12.7 Å². The van der Waals surface area contributed by atoms with Gasteiger partial charge < -0.3 is 15.1 Å². The van der Waals surface area contributed by atoms with Crippen molar-refractivity contribution in [3.8, 4) is 0 Å². The minimum Gasteiger partial charge on any atom is -0.370 e. The van der Waals surface area contributed by atoms with Crippen molar-refractivity contribution < 1.29 is 4.79 Å². The third-order valence-electron chi connectivity index (χ3n) is 4.33. The number of nitrogens with zero attached hydrogens (tertiary/aromatic N) is 4. The summed E-state index contributed by atoms with van der Waals surface area (Å²) in [6.07, 6.45) is 6.92. The quantitative estimate of drug-likeness (QED) is 0.781. The molecule has 1 N–H and O–H groups in total. The van der Waals surface area contributed by atoms with Gasteiger partial charge in [0.05, 0.1) is 0 Å². The number of carbonyl (C=O) groups is 1. The average Bonchev–Trinajstić information content (AvgIpc) is 2.58. The van der Waals surface area contributed by atoms with Crippen molar-refractivity contribution in [1.29, 1.82) is 0 Å². The maximum absolute atomic E-state index is 12.7. The molecule has 1 aromatic rings. The first-order chi connectivity index (χ1) is 11.1. The lowest BCUT2D eigenvalue weighted by atomic mass is 9.99. The summed E-state index contributed by atoms with van der Waals surface area (Å²) < 4.78 is 0. The van der Waals surface area contributed by atoms with Gasteiger partial charge in [0.15, 0.2) is 0 Å². The Kier molecular flexibility index (Phi) is 6.77. The van der Waals surface area contributed by atoms with Crippen LogP contribution in [-0.4, -0.2) is 65.4 Å². The number of hydrogen-bond donors (Lipinski definition) is 1.